The molecule has 0 aliphatic heterocycles. The van der Waals surface area contributed by atoms with Gasteiger partial charge in [0.25, 0.3) is 0 Å². The molecule has 7 heteroatoms. The van der Waals surface area contributed by atoms with E-state index in [0.29, 0.717) is 30.1 Å². The third kappa shape index (κ3) is 6.39. The van der Waals surface area contributed by atoms with Crippen molar-refractivity contribution in [3.8, 4) is 0 Å². The molecule has 0 saturated heterocycles. The molecule has 180 valence electrons. The summed E-state index contributed by atoms with van der Waals surface area (Å²) in [4.78, 5) is 21.9. The molecule has 34 heavy (non-hydrogen) atoms. The maximum Gasteiger partial charge on any atom is 0.319 e. The number of hydrogen-bond donors (Lipinski definition) is 2. The summed E-state index contributed by atoms with van der Waals surface area (Å²) in [6.07, 6.45) is 5.39. The number of carbonyl (C=O) groups excluding carboxylic acids is 1. The van der Waals surface area contributed by atoms with Crippen LogP contribution < -0.4 is 10.6 Å². The molecule has 0 bridgehead atoms. The molecule has 2 atom stereocenters. The molecule has 2 aromatic carbocycles. The van der Waals surface area contributed by atoms with Gasteiger partial charge in [-0.1, -0.05) is 48.4 Å². The Labute approximate surface area is 207 Å². The summed E-state index contributed by atoms with van der Waals surface area (Å²) in [6.45, 7) is 2.74. The van der Waals surface area contributed by atoms with Crippen LogP contribution in [0.25, 0.3) is 10.9 Å². The van der Waals surface area contributed by atoms with Crippen LogP contribution >= 0.6 is 11.6 Å². The molecule has 2 unspecified atom stereocenters. The van der Waals surface area contributed by atoms with Gasteiger partial charge in [-0.05, 0) is 68.6 Å². The van der Waals surface area contributed by atoms with E-state index in [0.717, 1.165) is 41.7 Å². The van der Waals surface area contributed by atoms with Crippen LogP contribution in [0.5, 0.6) is 0 Å². The normalized spacial score (nSPS) is 17.8. The van der Waals surface area contributed by atoms with Crippen molar-refractivity contribution in [1.82, 2.24) is 20.1 Å². The fraction of sp³-hybridized carbons (Fsp3) is 0.407. The molecule has 4 rings (SSSR count). The quantitative estimate of drug-likeness (QED) is 0.401. The maximum atomic E-state index is 13.3. The average Bonchev–Trinajstić information content (AvgIpc) is 3.26. The number of anilines is 1. The van der Waals surface area contributed by atoms with Gasteiger partial charge < -0.3 is 20.4 Å². The summed E-state index contributed by atoms with van der Waals surface area (Å²) in [5, 5.41) is 8.25. The lowest BCUT2D eigenvalue weighted by molar-refractivity contribution is 0.176. The Morgan fingerprint density at radius 2 is 1.82 bits per heavy atom. The Morgan fingerprint density at radius 1 is 1.06 bits per heavy atom. The second-order valence-corrected chi connectivity index (χ2v) is 9.87. The molecular formula is C27H34ClN5O. The highest BCUT2D eigenvalue weighted by Gasteiger charge is 2.30. The Balaban J connectivity index is 1.48. The number of rotatable bonds is 9. The van der Waals surface area contributed by atoms with Gasteiger partial charge in [-0.3, -0.25) is 4.98 Å². The van der Waals surface area contributed by atoms with Gasteiger partial charge in [0, 0.05) is 41.9 Å². The summed E-state index contributed by atoms with van der Waals surface area (Å²) in [7, 11) is 4.25. The zero-order valence-corrected chi connectivity index (χ0v) is 20.8. The number of benzene rings is 2. The number of aromatic nitrogens is 1. The zero-order valence-electron chi connectivity index (χ0n) is 20.0. The van der Waals surface area contributed by atoms with E-state index in [2.05, 4.69) is 34.6 Å². The Morgan fingerprint density at radius 3 is 2.59 bits per heavy atom. The molecule has 1 aromatic heterocycles. The first kappa shape index (κ1) is 24.3. The summed E-state index contributed by atoms with van der Waals surface area (Å²) in [5.41, 5.74) is 2.87. The molecule has 2 N–H and O–H groups in total. The minimum Gasteiger partial charge on any atom is -0.367 e. The highest BCUT2D eigenvalue weighted by molar-refractivity contribution is 6.31. The predicted molar refractivity (Wildman–Crippen MR) is 140 cm³/mol. The summed E-state index contributed by atoms with van der Waals surface area (Å²) in [5.74, 6) is 1.11. The number of nitrogens with zero attached hydrogens (tertiary/aromatic N) is 3. The molecular weight excluding hydrogens is 446 g/mol. The Kier molecular flexibility index (Phi) is 8.25. The number of halogens is 1. The van der Waals surface area contributed by atoms with Crippen LogP contribution in [-0.2, 0) is 6.54 Å². The van der Waals surface area contributed by atoms with Crippen molar-refractivity contribution in [2.24, 2.45) is 11.8 Å². The second-order valence-electron chi connectivity index (χ2n) is 9.43. The topological polar surface area (TPSA) is 60.5 Å². The Hall–Kier alpha value is -2.83. The van der Waals surface area contributed by atoms with Gasteiger partial charge >= 0.3 is 6.03 Å². The lowest BCUT2D eigenvalue weighted by atomic mass is 9.95. The largest absolute Gasteiger partial charge is 0.367 e. The molecule has 1 heterocycles. The number of amides is 2. The van der Waals surface area contributed by atoms with Crippen LogP contribution in [0.15, 0.2) is 60.8 Å². The SMILES string of the molecule is CN(C)CC1CCCC1CN(CNc1ccnc2cc(Cl)ccc12)C(=O)NCc1ccccc1. The van der Waals surface area contributed by atoms with Crippen molar-refractivity contribution in [1.29, 1.82) is 0 Å². The van der Waals surface area contributed by atoms with Crippen LogP contribution in [0.2, 0.25) is 5.02 Å². The smallest absolute Gasteiger partial charge is 0.319 e. The van der Waals surface area contributed by atoms with E-state index in [-0.39, 0.29) is 6.03 Å². The molecule has 1 fully saturated rings. The number of fused-ring (bicyclic) bond motifs is 1. The van der Waals surface area contributed by atoms with Crippen molar-refractivity contribution >= 4 is 34.2 Å². The van der Waals surface area contributed by atoms with Crippen LogP contribution in [-0.4, -0.2) is 54.7 Å². The molecule has 1 aliphatic rings. The number of nitrogens with one attached hydrogen (secondary N) is 2. The summed E-state index contributed by atoms with van der Waals surface area (Å²) >= 11 is 6.15. The van der Waals surface area contributed by atoms with Crippen molar-refractivity contribution in [2.45, 2.75) is 25.8 Å². The predicted octanol–water partition coefficient (Wildman–Crippen LogP) is 5.45. The third-order valence-electron chi connectivity index (χ3n) is 6.61. The highest BCUT2D eigenvalue weighted by Crippen LogP contribution is 2.33. The number of urea groups is 1. The van der Waals surface area contributed by atoms with E-state index >= 15 is 0 Å². The van der Waals surface area contributed by atoms with Crippen LogP contribution in [0.3, 0.4) is 0 Å². The number of pyridine rings is 1. The van der Waals surface area contributed by atoms with Gasteiger partial charge in [0.1, 0.15) is 0 Å². The van der Waals surface area contributed by atoms with Crippen LogP contribution in [0, 0.1) is 11.8 Å². The van der Waals surface area contributed by atoms with Crippen LogP contribution in [0.4, 0.5) is 10.5 Å². The van der Waals surface area contributed by atoms with E-state index in [1.54, 1.807) is 6.20 Å². The fourth-order valence-corrected chi connectivity index (χ4v) is 5.07. The van der Waals surface area contributed by atoms with E-state index in [1.807, 2.05) is 59.5 Å². The highest BCUT2D eigenvalue weighted by atomic mass is 35.5. The van der Waals surface area contributed by atoms with Gasteiger partial charge in [-0.2, -0.15) is 0 Å². The van der Waals surface area contributed by atoms with E-state index in [4.69, 9.17) is 11.6 Å². The van der Waals surface area contributed by atoms with Crippen molar-refractivity contribution in [2.75, 3.05) is 39.2 Å². The van der Waals surface area contributed by atoms with Gasteiger partial charge in [0.15, 0.2) is 0 Å². The summed E-state index contributed by atoms with van der Waals surface area (Å²) < 4.78 is 0. The molecule has 1 saturated carbocycles. The molecule has 1 aliphatic carbocycles. The number of hydrogen-bond acceptors (Lipinski definition) is 4. The first-order valence-electron chi connectivity index (χ1n) is 12.0. The summed E-state index contributed by atoms with van der Waals surface area (Å²) in [6, 6.07) is 17.6. The standard InChI is InChI=1S/C27H34ClN5O/c1-32(2)17-21-9-6-10-22(21)18-33(27(34)30-16-20-7-4-3-5-8-20)19-31-25-13-14-29-26-15-23(28)11-12-24(25)26/h3-5,7-8,11-15,21-22H,6,9-10,16-19H2,1-2H3,(H,29,31)(H,30,34). The molecule has 6 nitrogen and oxygen atoms in total. The molecule has 0 radical (unpaired) electrons. The van der Waals surface area contributed by atoms with Crippen molar-refractivity contribution in [3.05, 3.63) is 71.4 Å². The van der Waals surface area contributed by atoms with Gasteiger partial charge in [-0.15, -0.1) is 0 Å². The fourth-order valence-electron chi connectivity index (χ4n) is 4.91. The maximum absolute atomic E-state index is 13.3. The second kappa shape index (κ2) is 11.5. The van der Waals surface area contributed by atoms with E-state index < -0.39 is 0 Å². The van der Waals surface area contributed by atoms with E-state index in [9.17, 15) is 4.79 Å². The van der Waals surface area contributed by atoms with Gasteiger partial charge in [-0.25, -0.2) is 4.79 Å². The zero-order chi connectivity index (χ0) is 23.9. The minimum absolute atomic E-state index is 0.0479. The Bertz CT molecular complexity index is 1090. The lowest BCUT2D eigenvalue weighted by Crippen LogP contribution is -2.45. The first-order valence-corrected chi connectivity index (χ1v) is 12.4. The third-order valence-corrected chi connectivity index (χ3v) is 6.85. The van der Waals surface area contributed by atoms with Gasteiger partial charge in [0.2, 0.25) is 0 Å². The van der Waals surface area contributed by atoms with Crippen molar-refractivity contribution < 1.29 is 4.79 Å². The average molecular weight is 480 g/mol. The van der Waals surface area contributed by atoms with Crippen molar-refractivity contribution in [3.63, 3.8) is 0 Å². The molecule has 0 spiro atoms. The first-order chi connectivity index (χ1) is 16.5. The lowest BCUT2D eigenvalue weighted by Gasteiger charge is -2.30. The van der Waals surface area contributed by atoms with E-state index in [1.165, 1.54) is 12.8 Å². The number of carbonyl (C=O) groups is 1. The molecule has 2 amide bonds. The minimum atomic E-state index is -0.0479. The van der Waals surface area contributed by atoms with Crippen LogP contribution in [0.1, 0.15) is 24.8 Å². The molecule has 3 aromatic rings. The monoisotopic (exact) mass is 479 g/mol. The van der Waals surface area contributed by atoms with Gasteiger partial charge in [0.05, 0.1) is 12.2 Å².